The number of nitrogens with zero attached hydrogens (tertiary/aromatic N) is 2. The molecule has 1 saturated heterocycles. The molecule has 1 amide bonds. The third-order valence-corrected chi connectivity index (χ3v) is 3.16. The Morgan fingerprint density at radius 3 is 2.90 bits per heavy atom. The van der Waals surface area contributed by atoms with Gasteiger partial charge in [0.15, 0.2) is 5.96 Å². The average molecular weight is 286 g/mol. The lowest BCUT2D eigenvalue weighted by Gasteiger charge is -2.24. The van der Waals surface area contributed by atoms with Gasteiger partial charge in [0.1, 0.15) is 0 Å². The first-order valence-electron chi connectivity index (χ1n) is 6.92. The van der Waals surface area contributed by atoms with Crippen LogP contribution in [-0.4, -0.2) is 77.4 Å². The number of aliphatic imine (C=N–C) groups is 1. The van der Waals surface area contributed by atoms with E-state index in [1.165, 1.54) is 0 Å². The maximum atomic E-state index is 11.6. The molecule has 1 aliphatic rings. The largest absolute Gasteiger partial charge is 0.383 e. The van der Waals surface area contributed by atoms with Crippen molar-refractivity contribution in [3.8, 4) is 0 Å². The number of hydrogen-bond acceptors (Lipinski definition) is 4. The zero-order valence-electron chi connectivity index (χ0n) is 12.6. The van der Waals surface area contributed by atoms with Crippen molar-refractivity contribution in [3.05, 3.63) is 0 Å². The van der Waals surface area contributed by atoms with E-state index in [9.17, 15) is 4.79 Å². The van der Waals surface area contributed by atoms with E-state index in [-0.39, 0.29) is 12.5 Å². The minimum absolute atomic E-state index is 0.0687. The number of guanidine groups is 1. The maximum Gasteiger partial charge on any atom is 0.239 e. The van der Waals surface area contributed by atoms with Crippen LogP contribution in [0.3, 0.4) is 0 Å². The summed E-state index contributed by atoms with van der Waals surface area (Å²) in [6.45, 7) is 3.77. The van der Waals surface area contributed by atoms with Crippen molar-refractivity contribution in [2.24, 2.45) is 10.9 Å². The van der Waals surface area contributed by atoms with E-state index >= 15 is 0 Å². The fourth-order valence-corrected chi connectivity index (χ4v) is 2.10. The summed E-state index contributed by atoms with van der Waals surface area (Å²) in [4.78, 5) is 17.8. The number of nitrogens with one attached hydrogen (secondary N) is 2. The van der Waals surface area contributed by atoms with E-state index in [4.69, 9.17) is 9.47 Å². The minimum Gasteiger partial charge on any atom is -0.383 e. The van der Waals surface area contributed by atoms with Gasteiger partial charge in [-0.3, -0.25) is 9.79 Å². The van der Waals surface area contributed by atoms with Crippen molar-refractivity contribution in [1.82, 2.24) is 15.5 Å². The second kappa shape index (κ2) is 9.55. The Hall–Kier alpha value is -1.34. The standard InChI is InChI=1S/C13H26N4O3/c1-14-13(16-8-12(18)15-5-7-19-3)17(2)9-11-4-6-20-10-11/h11H,4-10H2,1-3H3,(H,14,16)(H,15,18). The van der Waals surface area contributed by atoms with Crippen LogP contribution in [0.15, 0.2) is 4.99 Å². The summed E-state index contributed by atoms with van der Waals surface area (Å²) in [6.07, 6.45) is 1.08. The highest BCUT2D eigenvalue weighted by Gasteiger charge is 2.19. The molecular formula is C13H26N4O3. The third kappa shape index (κ3) is 6.21. The van der Waals surface area contributed by atoms with Crippen LogP contribution in [0.1, 0.15) is 6.42 Å². The molecule has 0 saturated carbocycles. The summed E-state index contributed by atoms with van der Waals surface area (Å²) >= 11 is 0. The average Bonchev–Trinajstić information content (AvgIpc) is 2.92. The Labute approximate surface area is 120 Å². The molecule has 0 bridgehead atoms. The van der Waals surface area contributed by atoms with Gasteiger partial charge in [0.25, 0.3) is 0 Å². The SMILES string of the molecule is CN=C(NCC(=O)NCCOC)N(C)CC1CCOC1. The minimum atomic E-state index is -0.0687. The number of methoxy groups -OCH3 is 1. The van der Waals surface area contributed by atoms with Gasteiger partial charge in [-0.05, 0) is 6.42 Å². The molecule has 1 unspecified atom stereocenters. The summed E-state index contributed by atoms with van der Waals surface area (Å²) in [5, 5.41) is 5.81. The van der Waals surface area contributed by atoms with Crippen LogP contribution in [0.2, 0.25) is 0 Å². The molecule has 7 nitrogen and oxygen atoms in total. The molecule has 2 N–H and O–H groups in total. The van der Waals surface area contributed by atoms with E-state index in [0.29, 0.717) is 19.1 Å². The molecule has 20 heavy (non-hydrogen) atoms. The van der Waals surface area contributed by atoms with Gasteiger partial charge in [-0.15, -0.1) is 0 Å². The topological polar surface area (TPSA) is 75.2 Å². The zero-order valence-corrected chi connectivity index (χ0v) is 12.6. The molecule has 1 rings (SSSR count). The Bertz CT molecular complexity index is 317. The first-order valence-corrected chi connectivity index (χ1v) is 6.92. The van der Waals surface area contributed by atoms with Crippen LogP contribution in [0.4, 0.5) is 0 Å². The van der Waals surface area contributed by atoms with Gasteiger partial charge in [-0.2, -0.15) is 0 Å². The van der Waals surface area contributed by atoms with Gasteiger partial charge < -0.3 is 25.0 Å². The fourth-order valence-electron chi connectivity index (χ4n) is 2.10. The van der Waals surface area contributed by atoms with Crippen LogP contribution in [0, 0.1) is 5.92 Å². The lowest BCUT2D eigenvalue weighted by molar-refractivity contribution is -0.120. The van der Waals surface area contributed by atoms with Crippen LogP contribution >= 0.6 is 0 Å². The van der Waals surface area contributed by atoms with Gasteiger partial charge in [-0.25, -0.2) is 0 Å². The highest BCUT2D eigenvalue weighted by atomic mass is 16.5. The Morgan fingerprint density at radius 1 is 1.50 bits per heavy atom. The van der Waals surface area contributed by atoms with Gasteiger partial charge in [0.05, 0.1) is 19.8 Å². The fraction of sp³-hybridized carbons (Fsp3) is 0.846. The number of amides is 1. The lowest BCUT2D eigenvalue weighted by atomic mass is 10.1. The predicted octanol–water partition coefficient (Wildman–Crippen LogP) is -0.707. The van der Waals surface area contributed by atoms with E-state index in [2.05, 4.69) is 15.6 Å². The van der Waals surface area contributed by atoms with Crippen LogP contribution in [0.25, 0.3) is 0 Å². The van der Waals surface area contributed by atoms with Crippen molar-refractivity contribution in [2.75, 3.05) is 60.7 Å². The van der Waals surface area contributed by atoms with E-state index in [0.717, 1.165) is 32.1 Å². The lowest BCUT2D eigenvalue weighted by Crippen LogP contribution is -2.45. The van der Waals surface area contributed by atoms with Crippen molar-refractivity contribution in [1.29, 1.82) is 0 Å². The zero-order chi connectivity index (χ0) is 14.8. The van der Waals surface area contributed by atoms with Crippen LogP contribution < -0.4 is 10.6 Å². The number of carbonyl (C=O) groups excluding carboxylic acids is 1. The molecule has 1 fully saturated rings. The maximum absolute atomic E-state index is 11.6. The van der Waals surface area contributed by atoms with Gasteiger partial charge in [0, 0.05) is 46.8 Å². The first-order chi connectivity index (χ1) is 9.67. The number of hydrogen-bond donors (Lipinski definition) is 2. The molecule has 1 aliphatic heterocycles. The quantitative estimate of drug-likeness (QED) is 0.367. The molecule has 0 aromatic heterocycles. The van der Waals surface area contributed by atoms with Crippen molar-refractivity contribution in [3.63, 3.8) is 0 Å². The Balaban J connectivity index is 2.25. The second-order valence-corrected chi connectivity index (χ2v) is 4.85. The highest BCUT2D eigenvalue weighted by molar-refractivity contribution is 5.86. The normalized spacial score (nSPS) is 18.9. The van der Waals surface area contributed by atoms with Crippen molar-refractivity contribution in [2.45, 2.75) is 6.42 Å². The molecule has 0 aromatic rings. The second-order valence-electron chi connectivity index (χ2n) is 4.85. The molecule has 116 valence electrons. The molecule has 7 heteroatoms. The van der Waals surface area contributed by atoms with Crippen LogP contribution in [-0.2, 0) is 14.3 Å². The van der Waals surface area contributed by atoms with E-state index in [1.54, 1.807) is 14.2 Å². The summed E-state index contributed by atoms with van der Waals surface area (Å²) in [5.74, 6) is 1.19. The van der Waals surface area contributed by atoms with Crippen LogP contribution in [0.5, 0.6) is 0 Å². The predicted molar refractivity (Wildman–Crippen MR) is 77.8 cm³/mol. The summed E-state index contributed by atoms with van der Waals surface area (Å²) < 4.78 is 10.2. The first kappa shape index (κ1) is 16.7. The Kier molecular flexibility index (Phi) is 7.98. The third-order valence-electron chi connectivity index (χ3n) is 3.16. The number of ether oxygens (including phenoxy) is 2. The summed E-state index contributed by atoms with van der Waals surface area (Å²) in [6, 6.07) is 0. The monoisotopic (exact) mass is 286 g/mol. The van der Waals surface area contributed by atoms with Crippen molar-refractivity contribution < 1.29 is 14.3 Å². The highest BCUT2D eigenvalue weighted by Crippen LogP contribution is 2.13. The number of carbonyl (C=O) groups is 1. The van der Waals surface area contributed by atoms with E-state index in [1.807, 2.05) is 11.9 Å². The summed E-state index contributed by atoms with van der Waals surface area (Å²) in [7, 11) is 5.29. The molecule has 0 aliphatic carbocycles. The molecule has 0 aromatic carbocycles. The van der Waals surface area contributed by atoms with E-state index < -0.39 is 0 Å². The number of rotatable bonds is 7. The summed E-state index contributed by atoms with van der Waals surface area (Å²) in [5.41, 5.74) is 0. The Morgan fingerprint density at radius 2 is 2.30 bits per heavy atom. The smallest absolute Gasteiger partial charge is 0.239 e. The molecule has 0 radical (unpaired) electrons. The molecule has 0 spiro atoms. The van der Waals surface area contributed by atoms with Gasteiger partial charge in [0.2, 0.25) is 5.91 Å². The van der Waals surface area contributed by atoms with Gasteiger partial charge >= 0.3 is 0 Å². The van der Waals surface area contributed by atoms with Crippen molar-refractivity contribution >= 4 is 11.9 Å². The van der Waals surface area contributed by atoms with Gasteiger partial charge in [-0.1, -0.05) is 0 Å². The molecular weight excluding hydrogens is 260 g/mol. The molecule has 1 atom stereocenters. The molecule has 1 heterocycles.